The molecule has 0 saturated heterocycles. The number of nitrogens with one attached hydrogen (secondary N) is 1. The van der Waals surface area contributed by atoms with E-state index < -0.39 is 0 Å². The molecule has 0 aliphatic heterocycles. The van der Waals surface area contributed by atoms with Gasteiger partial charge in [0.25, 0.3) is 5.91 Å². The van der Waals surface area contributed by atoms with Gasteiger partial charge in [0.15, 0.2) is 28.8 Å². The van der Waals surface area contributed by atoms with E-state index in [1.54, 1.807) is 44.0 Å². The molecule has 2 amide bonds. The van der Waals surface area contributed by atoms with Crippen molar-refractivity contribution in [2.75, 3.05) is 32.6 Å². The third-order valence-corrected chi connectivity index (χ3v) is 4.26. The number of rotatable bonds is 8. The fraction of sp³-hybridized carbons (Fsp3) is 0.318. The number of carbonyl (C=O) groups excluding carboxylic acids is 2. The number of methoxy groups -OCH3 is 2. The van der Waals surface area contributed by atoms with Crippen LogP contribution in [-0.4, -0.2) is 54.1 Å². The SMILES string of the molecule is C#CCN(CCC)C(=O)c1c(NC=O)nc(C#Cc2ccc(OC)c(OC)c2)n1C. The first-order valence-corrected chi connectivity index (χ1v) is 9.24. The van der Waals surface area contributed by atoms with Crippen LogP contribution in [0, 0.1) is 24.2 Å². The fourth-order valence-electron chi connectivity index (χ4n) is 2.84. The van der Waals surface area contributed by atoms with Crippen LogP contribution in [-0.2, 0) is 11.8 Å². The van der Waals surface area contributed by atoms with Gasteiger partial charge in [0, 0.05) is 19.2 Å². The lowest BCUT2D eigenvalue weighted by Crippen LogP contribution is -2.34. The zero-order valence-corrected chi connectivity index (χ0v) is 17.5. The number of nitrogens with zero attached hydrogens (tertiary/aromatic N) is 3. The number of amides is 2. The maximum atomic E-state index is 13.0. The van der Waals surface area contributed by atoms with Crippen molar-refractivity contribution in [2.45, 2.75) is 13.3 Å². The van der Waals surface area contributed by atoms with Gasteiger partial charge >= 0.3 is 0 Å². The second-order valence-electron chi connectivity index (χ2n) is 6.20. The van der Waals surface area contributed by atoms with E-state index in [0.717, 1.165) is 6.42 Å². The first-order chi connectivity index (χ1) is 14.5. The zero-order valence-electron chi connectivity index (χ0n) is 17.5. The van der Waals surface area contributed by atoms with Crippen LogP contribution in [0.2, 0.25) is 0 Å². The van der Waals surface area contributed by atoms with Crippen LogP contribution in [0.15, 0.2) is 18.2 Å². The molecule has 0 atom stereocenters. The molecule has 8 nitrogen and oxygen atoms in total. The van der Waals surface area contributed by atoms with Crippen molar-refractivity contribution in [1.82, 2.24) is 14.5 Å². The summed E-state index contributed by atoms with van der Waals surface area (Å²) in [5, 5.41) is 2.47. The highest BCUT2D eigenvalue weighted by atomic mass is 16.5. The van der Waals surface area contributed by atoms with Gasteiger partial charge in [-0.15, -0.1) is 6.42 Å². The van der Waals surface area contributed by atoms with Gasteiger partial charge in [-0.25, -0.2) is 4.98 Å². The van der Waals surface area contributed by atoms with Crippen LogP contribution < -0.4 is 14.8 Å². The monoisotopic (exact) mass is 408 g/mol. The van der Waals surface area contributed by atoms with Crippen LogP contribution in [0.3, 0.4) is 0 Å². The van der Waals surface area contributed by atoms with E-state index in [2.05, 4.69) is 28.1 Å². The third-order valence-electron chi connectivity index (χ3n) is 4.26. The smallest absolute Gasteiger partial charge is 0.275 e. The van der Waals surface area contributed by atoms with Crippen molar-refractivity contribution in [1.29, 1.82) is 0 Å². The molecule has 2 aromatic rings. The summed E-state index contributed by atoms with van der Waals surface area (Å²) in [4.78, 5) is 29.9. The van der Waals surface area contributed by atoms with E-state index in [0.29, 0.717) is 35.8 Å². The van der Waals surface area contributed by atoms with Gasteiger partial charge in [-0.05, 0) is 30.5 Å². The number of anilines is 1. The average Bonchev–Trinajstić information content (AvgIpc) is 3.06. The van der Waals surface area contributed by atoms with Gasteiger partial charge in [-0.1, -0.05) is 18.8 Å². The first kappa shape index (κ1) is 22.4. The van der Waals surface area contributed by atoms with Crippen molar-refractivity contribution >= 4 is 18.1 Å². The normalized spacial score (nSPS) is 9.70. The van der Waals surface area contributed by atoms with Gasteiger partial charge in [0.1, 0.15) is 0 Å². The third kappa shape index (κ3) is 4.92. The van der Waals surface area contributed by atoms with Crippen LogP contribution in [0.4, 0.5) is 5.82 Å². The summed E-state index contributed by atoms with van der Waals surface area (Å²) in [6.45, 7) is 2.59. The summed E-state index contributed by atoms with van der Waals surface area (Å²) in [6.07, 6.45) is 6.60. The second kappa shape index (κ2) is 10.6. The molecule has 0 fully saturated rings. The molecule has 0 bridgehead atoms. The number of hydrogen-bond donors (Lipinski definition) is 1. The highest BCUT2D eigenvalue weighted by Crippen LogP contribution is 2.27. The Kier molecular flexibility index (Phi) is 7.90. The summed E-state index contributed by atoms with van der Waals surface area (Å²) < 4.78 is 12.0. The number of imidazole rings is 1. The molecule has 156 valence electrons. The highest BCUT2D eigenvalue weighted by molar-refractivity contribution is 5.99. The summed E-state index contributed by atoms with van der Waals surface area (Å²) in [5.74, 6) is 9.67. The van der Waals surface area contributed by atoms with E-state index in [-0.39, 0.29) is 24.0 Å². The second-order valence-corrected chi connectivity index (χ2v) is 6.20. The molecule has 1 N–H and O–H groups in total. The van der Waals surface area contributed by atoms with Crippen LogP contribution in [0.5, 0.6) is 11.5 Å². The average molecular weight is 408 g/mol. The number of terminal acetylenes is 1. The Balaban J connectivity index is 2.46. The van der Waals surface area contributed by atoms with Crippen LogP contribution in [0.25, 0.3) is 0 Å². The molecule has 1 aromatic carbocycles. The topological polar surface area (TPSA) is 85.7 Å². The molecule has 30 heavy (non-hydrogen) atoms. The van der Waals surface area contributed by atoms with Crippen molar-refractivity contribution in [2.24, 2.45) is 7.05 Å². The summed E-state index contributed by atoms with van der Waals surface area (Å²) in [6, 6.07) is 5.27. The molecule has 2 rings (SSSR count). The Morgan fingerprint density at radius 1 is 1.30 bits per heavy atom. The molecule has 0 saturated carbocycles. The minimum atomic E-state index is -0.326. The Morgan fingerprint density at radius 3 is 2.63 bits per heavy atom. The number of hydrogen-bond acceptors (Lipinski definition) is 5. The fourth-order valence-corrected chi connectivity index (χ4v) is 2.84. The molecule has 8 heteroatoms. The van der Waals surface area contributed by atoms with Crippen LogP contribution in [0.1, 0.15) is 35.2 Å². The number of benzene rings is 1. The molecule has 0 spiro atoms. The van der Waals surface area contributed by atoms with Crippen molar-refractivity contribution in [3.63, 3.8) is 0 Å². The van der Waals surface area contributed by atoms with Gasteiger partial charge in [-0.3, -0.25) is 9.59 Å². The van der Waals surface area contributed by atoms with Gasteiger partial charge < -0.3 is 24.3 Å². The van der Waals surface area contributed by atoms with Gasteiger partial charge in [-0.2, -0.15) is 0 Å². The number of aromatic nitrogens is 2. The lowest BCUT2D eigenvalue weighted by molar-refractivity contribution is -0.105. The largest absolute Gasteiger partial charge is 0.493 e. The lowest BCUT2D eigenvalue weighted by atomic mass is 10.2. The maximum Gasteiger partial charge on any atom is 0.275 e. The summed E-state index contributed by atoms with van der Waals surface area (Å²) in [7, 11) is 4.76. The van der Waals surface area contributed by atoms with E-state index in [4.69, 9.17) is 15.9 Å². The molecular formula is C22H24N4O4. The molecule has 0 radical (unpaired) electrons. The maximum absolute atomic E-state index is 13.0. The Labute approximate surface area is 176 Å². The van der Waals surface area contributed by atoms with Crippen molar-refractivity contribution in [3.05, 3.63) is 35.3 Å². The highest BCUT2D eigenvalue weighted by Gasteiger charge is 2.24. The minimum absolute atomic E-state index is 0.132. The zero-order chi connectivity index (χ0) is 22.1. The number of ether oxygens (including phenoxy) is 2. The predicted octanol–water partition coefficient (Wildman–Crippen LogP) is 1.89. The minimum Gasteiger partial charge on any atom is -0.493 e. The molecule has 1 heterocycles. The van der Waals surface area contributed by atoms with Gasteiger partial charge in [0.05, 0.1) is 20.8 Å². The number of carbonyl (C=O) groups is 2. The van der Waals surface area contributed by atoms with Crippen LogP contribution >= 0.6 is 0 Å². The predicted molar refractivity (Wildman–Crippen MR) is 113 cm³/mol. The molecule has 1 aromatic heterocycles. The van der Waals surface area contributed by atoms with Crippen molar-refractivity contribution < 1.29 is 19.1 Å². The Bertz CT molecular complexity index is 1020. The van der Waals surface area contributed by atoms with E-state index in [9.17, 15) is 9.59 Å². The Hall–Kier alpha value is -3.91. The molecular weight excluding hydrogens is 384 g/mol. The Morgan fingerprint density at radius 2 is 2.03 bits per heavy atom. The molecule has 0 aliphatic rings. The summed E-state index contributed by atoms with van der Waals surface area (Å²) >= 11 is 0. The quantitative estimate of drug-likeness (QED) is 0.533. The summed E-state index contributed by atoms with van der Waals surface area (Å²) in [5.41, 5.74) is 0.885. The molecule has 0 unspecified atom stereocenters. The van der Waals surface area contributed by atoms with Crippen molar-refractivity contribution in [3.8, 4) is 35.7 Å². The van der Waals surface area contributed by atoms with E-state index in [1.807, 2.05) is 6.92 Å². The standard InChI is InChI=1S/C22H24N4O4/c1-6-12-26(13-7-2)22(28)20-21(23-15-27)24-19(25(20)3)11-9-16-8-10-17(29-4)18(14-16)30-5/h1,8,10,14-15H,7,12-13H2,2-5H3,(H,23,27). The van der Waals surface area contributed by atoms with E-state index >= 15 is 0 Å². The lowest BCUT2D eigenvalue weighted by Gasteiger charge is -2.20. The molecule has 0 aliphatic carbocycles. The van der Waals surface area contributed by atoms with E-state index in [1.165, 1.54) is 4.90 Å². The first-order valence-electron chi connectivity index (χ1n) is 9.24. The van der Waals surface area contributed by atoms with Gasteiger partial charge in [0.2, 0.25) is 6.41 Å².